The van der Waals surface area contributed by atoms with Crippen molar-refractivity contribution in [3.05, 3.63) is 59.2 Å². The molecule has 0 aliphatic rings. The predicted octanol–water partition coefficient (Wildman–Crippen LogP) is 2.99. The Labute approximate surface area is 161 Å². The molecule has 27 heavy (non-hydrogen) atoms. The Morgan fingerprint density at radius 1 is 0.963 bits per heavy atom. The van der Waals surface area contributed by atoms with Gasteiger partial charge in [-0.2, -0.15) is 0 Å². The molecule has 3 amide bonds. The van der Waals surface area contributed by atoms with Crippen LogP contribution in [-0.2, 0) is 4.79 Å². The van der Waals surface area contributed by atoms with Gasteiger partial charge in [-0.25, -0.2) is 4.79 Å². The Hall–Kier alpha value is -3.02. The van der Waals surface area contributed by atoms with Crippen molar-refractivity contribution in [1.82, 2.24) is 10.6 Å². The van der Waals surface area contributed by atoms with Crippen molar-refractivity contribution in [3.63, 3.8) is 0 Å². The number of nitrogens with one attached hydrogen (secondary N) is 3. The Bertz CT molecular complexity index is 767. The van der Waals surface area contributed by atoms with E-state index in [1.165, 1.54) is 0 Å². The molecule has 0 spiro atoms. The molecule has 0 saturated carbocycles. The second-order valence-corrected chi connectivity index (χ2v) is 6.69. The number of aryl methyl sites for hydroxylation is 3. The van der Waals surface area contributed by atoms with Crippen molar-refractivity contribution in [2.75, 3.05) is 36.9 Å². The normalized spacial score (nSPS) is 10.2. The van der Waals surface area contributed by atoms with Crippen LogP contribution in [0.3, 0.4) is 0 Å². The first-order chi connectivity index (χ1) is 12.9. The summed E-state index contributed by atoms with van der Waals surface area (Å²) in [5, 5.41) is 8.21. The van der Waals surface area contributed by atoms with E-state index in [1.54, 1.807) is 0 Å². The maximum Gasteiger partial charge on any atom is 0.315 e. The molecule has 0 atom stereocenters. The van der Waals surface area contributed by atoms with Gasteiger partial charge >= 0.3 is 6.03 Å². The van der Waals surface area contributed by atoms with Crippen molar-refractivity contribution < 1.29 is 9.59 Å². The molecule has 0 bridgehead atoms. The maximum atomic E-state index is 12.1. The summed E-state index contributed by atoms with van der Waals surface area (Å²) in [6.45, 7) is 7.01. The summed E-state index contributed by atoms with van der Waals surface area (Å²) in [4.78, 5) is 26.0. The van der Waals surface area contributed by atoms with Gasteiger partial charge in [0.25, 0.3) is 0 Å². The van der Waals surface area contributed by atoms with Gasteiger partial charge in [-0.15, -0.1) is 0 Å². The average Bonchev–Trinajstić information content (AvgIpc) is 2.63. The molecule has 6 heteroatoms. The number of carbonyl (C=O) groups excluding carboxylic acids is 2. The van der Waals surface area contributed by atoms with E-state index in [-0.39, 0.29) is 18.5 Å². The number of urea groups is 1. The first-order valence-corrected chi connectivity index (χ1v) is 9.02. The van der Waals surface area contributed by atoms with Crippen molar-refractivity contribution >= 4 is 23.3 Å². The van der Waals surface area contributed by atoms with E-state index in [1.807, 2.05) is 70.3 Å². The minimum Gasteiger partial charge on any atom is -0.373 e. The molecule has 0 heterocycles. The first kappa shape index (κ1) is 20.3. The zero-order valence-corrected chi connectivity index (χ0v) is 16.4. The average molecular weight is 368 g/mol. The molecule has 0 unspecified atom stereocenters. The van der Waals surface area contributed by atoms with Gasteiger partial charge in [0.2, 0.25) is 5.91 Å². The molecule has 3 N–H and O–H groups in total. The Morgan fingerprint density at radius 3 is 2.22 bits per heavy atom. The smallest absolute Gasteiger partial charge is 0.315 e. The van der Waals surface area contributed by atoms with Crippen LogP contribution in [0.2, 0.25) is 0 Å². The van der Waals surface area contributed by atoms with E-state index in [0.717, 1.165) is 28.1 Å². The predicted molar refractivity (Wildman–Crippen MR) is 110 cm³/mol. The minimum atomic E-state index is -0.357. The van der Waals surface area contributed by atoms with E-state index in [4.69, 9.17) is 0 Å². The Balaban J connectivity index is 1.72. The van der Waals surface area contributed by atoms with Crippen LogP contribution < -0.4 is 20.9 Å². The molecule has 2 rings (SSSR count). The summed E-state index contributed by atoms with van der Waals surface area (Å²) in [5.41, 5.74) is 5.06. The molecule has 0 aliphatic heterocycles. The molecule has 2 aromatic rings. The lowest BCUT2D eigenvalue weighted by atomic mass is 10.1. The van der Waals surface area contributed by atoms with Gasteiger partial charge in [0.1, 0.15) is 0 Å². The number of likely N-dealkylation sites (N-methyl/N-ethyl adjacent to an activating group) is 1. The summed E-state index contributed by atoms with van der Waals surface area (Å²) in [7, 11) is 1.97. The van der Waals surface area contributed by atoms with Crippen molar-refractivity contribution in [1.29, 1.82) is 0 Å². The quantitative estimate of drug-likeness (QED) is 0.703. The zero-order chi connectivity index (χ0) is 19.8. The van der Waals surface area contributed by atoms with E-state index in [0.29, 0.717) is 13.1 Å². The largest absolute Gasteiger partial charge is 0.373 e. The molecule has 144 valence electrons. The van der Waals surface area contributed by atoms with Crippen molar-refractivity contribution in [2.45, 2.75) is 20.8 Å². The van der Waals surface area contributed by atoms with Crippen LogP contribution in [-0.4, -0.2) is 38.6 Å². The number of benzene rings is 2. The number of hydrogen-bond acceptors (Lipinski definition) is 3. The second kappa shape index (κ2) is 9.62. The van der Waals surface area contributed by atoms with Gasteiger partial charge in [0, 0.05) is 31.5 Å². The minimum absolute atomic E-state index is 0.0763. The van der Waals surface area contributed by atoms with Gasteiger partial charge in [-0.1, -0.05) is 35.9 Å². The lowest BCUT2D eigenvalue weighted by Gasteiger charge is -2.19. The van der Waals surface area contributed by atoms with Crippen LogP contribution in [0.15, 0.2) is 42.5 Å². The molecule has 0 aromatic heterocycles. The molecular weight excluding hydrogens is 340 g/mol. The fourth-order valence-electron chi connectivity index (χ4n) is 2.93. The van der Waals surface area contributed by atoms with Crippen LogP contribution in [0, 0.1) is 20.8 Å². The van der Waals surface area contributed by atoms with Crippen LogP contribution in [0.5, 0.6) is 0 Å². The molecule has 0 radical (unpaired) electrons. The molecule has 2 aromatic carbocycles. The van der Waals surface area contributed by atoms with Gasteiger partial charge in [-0.3, -0.25) is 4.79 Å². The SMILES string of the molecule is Cc1cc(C)c(NC(=O)CNC(=O)NCCN(C)c2ccccc2)c(C)c1. The third-order valence-corrected chi connectivity index (χ3v) is 4.28. The number of rotatable bonds is 7. The number of para-hydroxylation sites is 1. The summed E-state index contributed by atoms with van der Waals surface area (Å²) in [6.07, 6.45) is 0. The molecular formula is C21H28N4O2. The number of anilines is 2. The molecule has 6 nitrogen and oxygen atoms in total. The topological polar surface area (TPSA) is 73.5 Å². The van der Waals surface area contributed by atoms with Crippen LogP contribution in [0.25, 0.3) is 0 Å². The van der Waals surface area contributed by atoms with E-state index < -0.39 is 0 Å². The lowest BCUT2D eigenvalue weighted by Crippen LogP contribution is -2.42. The number of carbonyl (C=O) groups is 2. The molecule has 0 saturated heterocycles. The van der Waals surface area contributed by atoms with E-state index in [2.05, 4.69) is 20.9 Å². The maximum absolute atomic E-state index is 12.1. The third kappa shape index (κ3) is 6.33. The number of amides is 3. The third-order valence-electron chi connectivity index (χ3n) is 4.28. The van der Waals surface area contributed by atoms with Gasteiger partial charge < -0.3 is 20.9 Å². The summed E-state index contributed by atoms with van der Waals surface area (Å²) >= 11 is 0. The number of nitrogens with zero attached hydrogens (tertiary/aromatic N) is 1. The van der Waals surface area contributed by atoms with Gasteiger partial charge in [-0.05, 0) is 44.0 Å². The summed E-state index contributed by atoms with van der Waals surface area (Å²) in [5.74, 6) is -0.249. The standard InChI is InChI=1S/C21H28N4O2/c1-15-12-16(2)20(17(3)13-15)24-19(26)14-23-21(27)22-10-11-25(4)18-8-6-5-7-9-18/h5-9,12-13H,10-11,14H2,1-4H3,(H,24,26)(H2,22,23,27). The fraction of sp³-hybridized carbons (Fsp3) is 0.333. The van der Waals surface area contributed by atoms with Gasteiger partial charge in [0.15, 0.2) is 0 Å². The summed E-state index contributed by atoms with van der Waals surface area (Å²) < 4.78 is 0. The highest BCUT2D eigenvalue weighted by Gasteiger charge is 2.10. The number of hydrogen-bond donors (Lipinski definition) is 3. The molecule has 0 aliphatic carbocycles. The Morgan fingerprint density at radius 2 is 1.59 bits per heavy atom. The van der Waals surface area contributed by atoms with E-state index >= 15 is 0 Å². The highest BCUT2D eigenvalue weighted by molar-refractivity contribution is 5.95. The van der Waals surface area contributed by atoms with Crippen LogP contribution in [0.4, 0.5) is 16.2 Å². The van der Waals surface area contributed by atoms with Gasteiger partial charge in [0.05, 0.1) is 6.54 Å². The van der Waals surface area contributed by atoms with Crippen LogP contribution in [0.1, 0.15) is 16.7 Å². The summed E-state index contributed by atoms with van der Waals surface area (Å²) in [6, 6.07) is 13.6. The second-order valence-electron chi connectivity index (χ2n) is 6.69. The highest BCUT2D eigenvalue weighted by Crippen LogP contribution is 2.21. The fourth-order valence-corrected chi connectivity index (χ4v) is 2.93. The van der Waals surface area contributed by atoms with Crippen molar-refractivity contribution in [3.8, 4) is 0 Å². The lowest BCUT2D eigenvalue weighted by molar-refractivity contribution is -0.115. The van der Waals surface area contributed by atoms with Crippen LogP contribution >= 0.6 is 0 Å². The zero-order valence-electron chi connectivity index (χ0n) is 16.4. The monoisotopic (exact) mass is 368 g/mol. The Kier molecular flexibility index (Phi) is 7.23. The van der Waals surface area contributed by atoms with E-state index in [9.17, 15) is 9.59 Å². The van der Waals surface area contributed by atoms with Crippen molar-refractivity contribution in [2.24, 2.45) is 0 Å². The molecule has 0 fully saturated rings. The highest BCUT2D eigenvalue weighted by atomic mass is 16.2. The first-order valence-electron chi connectivity index (χ1n) is 9.02.